The minimum atomic E-state index is -0.292. The highest BCUT2D eigenvalue weighted by molar-refractivity contribution is 5.92. The first-order valence-corrected chi connectivity index (χ1v) is 8.54. The molecule has 6 heteroatoms. The van der Waals surface area contributed by atoms with Crippen molar-refractivity contribution in [2.45, 2.75) is 6.42 Å². The molecule has 0 atom stereocenters. The second kappa shape index (κ2) is 8.80. The Kier molecular flexibility index (Phi) is 5.99. The number of amides is 1. The maximum atomic E-state index is 13.6. The number of nitrogens with zero attached hydrogens (tertiary/aromatic N) is 1. The van der Waals surface area contributed by atoms with Crippen molar-refractivity contribution >= 4 is 17.3 Å². The first-order valence-electron chi connectivity index (χ1n) is 8.54. The Bertz CT molecular complexity index is 913. The number of pyridine rings is 1. The van der Waals surface area contributed by atoms with Gasteiger partial charge in [-0.25, -0.2) is 9.37 Å². The van der Waals surface area contributed by atoms with Gasteiger partial charge in [-0.15, -0.1) is 0 Å². The zero-order valence-corrected chi connectivity index (χ0v) is 14.9. The lowest BCUT2D eigenvalue weighted by Crippen LogP contribution is -2.26. The first-order chi connectivity index (χ1) is 13.2. The van der Waals surface area contributed by atoms with Gasteiger partial charge in [-0.3, -0.25) is 4.79 Å². The van der Waals surface area contributed by atoms with Gasteiger partial charge in [-0.1, -0.05) is 24.3 Å². The van der Waals surface area contributed by atoms with E-state index in [2.05, 4.69) is 15.6 Å². The number of ether oxygens (including phenoxy) is 1. The standard InChI is InChI=1S/C21H20FN3O2/c1-27-18-7-4-6-16(13-18)25-17-9-10-20(24-14-17)21(26)23-12-11-15-5-2-3-8-19(15)22/h2-10,13-14,25H,11-12H2,1H3,(H,23,26). The number of benzene rings is 2. The zero-order valence-electron chi connectivity index (χ0n) is 14.9. The fourth-order valence-corrected chi connectivity index (χ4v) is 2.57. The van der Waals surface area contributed by atoms with Crippen LogP contribution in [0.1, 0.15) is 16.1 Å². The van der Waals surface area contributed by atoms with E-state index in [1.165, 1.54) is 6.07 Å². The van der Waals surface area contributed by atoms with Crippen LogP contribution in [0.25, 0.3) is 0 Å². The van der Waals surface area contributed by atoms with Crippen LogP contribution < -0.4 is 15.4 Å². The predicted molar refractivity (Wildman–Crippen MR) is 103 cm³/mol. The molecule has 138 valence electrons. The van der Waals surface area contributed by atoms with Crippen molar-refractivity contribution in [3.8, 4) is 5.75 Å². The molecule has 2 N–H and O–H groups in total. The van der Waals surface area contributed by atoms with Gasteiger partial charge in [0.25, 0.3) is 5.91 Å². The van der Waals surface area contributed by atoms with Gasteiger partial charge in [-0.2, -0.15) is 0 Å². The van der Waals surface area contributed by atoms with Crippen LogP contribution in [0.2, 0.25) is 0 Å². The monoisotopic (exact) mass is 365 g/mol. The summed E-state index contributed by atoms with van der Waals surface area (Å²) in [6.45, 7) is 0.339. The molecule has 0 aliphatic rings. The highest BCUT2D eigenvalue weighted by atomic mass is 19.1. The Labute approximate surface area is 157 Å². The van der Waals surface area contributed by atoms with E-state index in [9.17, 15) is 9.18 Å². The van der Waals surface area contributed by atoms with Crippen LogP contribution in [0.5, 0.6) is 5.75 Å². The van der Waals surface area contributed by atoms with Crippen LogP contribution in [0.4, 0.5) is 15.8 Å². The van der Waals surface area contributed by atoms with E-state index in [1.807, 2.05) is 24.3 Å². The molecule has 3 aromatic rings. The van der Waals surface area contributed by atoms with Gasteiger partial charge in [0.15, 0.2) is 0 Å². The molecule has 0 aliphatic heterocycles. The second-order valence-corrected chi connectivity index (χ2v) is 5.89. The molecule has 1 aromatic heterocycles. The van der Waals surface area contributed by atoms with E-state index in [4.69, 9.17) is 4.74 Å². The molecule has 0 saturated carbocycles. The summed E-state index contributed by atoms with van der Waals surface area (Å²) in [6.07, 6.45) is 2.01. The summed E-state index contributed by atoms with van der Waals surface area (Å²) < 4.78 is 18.8. The van der Waals surface area contributed by atoms with E-state index in [0.717, 1.165) is 17.1 Å². The van der Waals surface area contributed by atoms with Crippen molar-refractivity contribution in [2.24, 2.45) is 0 Å². The van der Waals surface area contributed by atoms with Crippen molar-refractivity contribution < 1.29 is 13.9 Å². The Morgan fingerprint density at radius 2 is 1.93 bits per heavy atom. The van der Waals surface area contributed by atoms with E-state index in [-0.39, 0.29) is 11.7 Å². The highest BCUT2D eigenvalue weighted by Crippen LogP contribution is 2.20. The number of halogens is 1. The molecule has 5 nitrogen and oxygen atoms in total. The number of anilines is 2. The molecule has 1 heterocycles. The van der Waals surface area contributed by atoms with Gasteiger partial charge in [0.1, 0.15) is 17.3 Å². The predicted octanol–water partition coefficient (Wildman–Crippen LogP) is 3.95. The lowest BCUT2D eigenvalue weighted by molar-refractivity contribution is 0.0949. The topological polar surface area (TPSA) is 63.2 Å². The number of methoxy groups -OCH3 is 1. The third-order valence-electron chi connectivity index (χ3n) is 3.99. The normalized spacial score (nSPS) is 10.3. The summed E-state index contributed by atoms with van der Waals surface area (Å²) in [5, 5.41) is 5.95. The number of hydrogen-bond acceptors (Lipinski definition) is 4. The van der Waals surface area contributed by atoms with Crippen LogP contribution >= 0.6 is 0 Å². The van der Waals surface area contributed by atoms with Gasteiger partial charge in [-0.05, 0) is 42.3 Å². The first kappa shape index (κ1) is 18.4. The molecule has 2 aromatic carbocycles. The molecular weight excluding hydrogens is 345 g/mol. The summed E-state index contributed by atoms with van der Waals surface area (Å²) in [7, 11) is 1.61. The van der Waals surface area contributed by atoms with Crippen LogP contribution in [0, 0.1) is 5.82 Å². The Balaban J connectivity index is 1.54. The molecule has 0 radical (unpaired) electrons. The molecular formula is C21H20FN3O2. The van der Waals surface area contributed by atoms with Crippen molar-refractivity contribution in [3.05, 3.63) is 83.9 Å². The zero-order chi connectivity index (χ0) is 19.1. The van der Waals surface area contributed by atoms with Crippen molar-refractivity contribution in [3.63, 3.8) is 0 Å². The van der Waals surface area contributed by atoms with Crippen LogP contribution in [0.15, 0.2) is 66.9 Å². The van der Waals surface area contributed by atoms with Gasteiger partial charge < -0.3 is 15.4 Å². The Morgan fingerprint density at radius 3 is 2.67 bits per heavy atom. The molecule has 0 spiro atoms. The molecule has 1 amide bonds. The molecule has 0 aliphatic carbocycles. The number of aromatic nitrogens is 1. The number of carbonyl (C=O) groups excluding carboxylic acids is 1. The number of carbonyl (C=O) groups is 1. The number of rotatable bonds is 7. The summed E-state index contributed by atoms with van der Waals surface area (Å²) in [6, 6.07) is 17.5. The second-order valence-electron chi connectivity index (χ2n) is 5.89. The molecule has 0 fully saturated rings. The summed E-state index contributed by atoms with van der Waals surface area (Å²) >= 11 is 0. The number of nitrogens with one attached hydrogen (secondary N) is 2. The maximum absolute atomic E-state index is 13.6. The fraction of sp³-hybridized carbons (Fsp3) is 0.143. The van der Waals surface area contributed by atoms with E-state index >= 15 is 0 Å². The van der Waals surface area contributed by atoms with Crippen LogP contribution in [0.3, 0.4) is 0 Å². The molecule has 0 saturated heterocycles. The van der Waals surface area contributed by atoms with E-state index < -0.39 is 0 Å². The minimum absolute atomic E-state index is 0.266. The smallest absolute Gasteiger partial charge is 0.269 e. The van der Waals surface area contributed by atoms with Gasteiger partial charge >= 0.3 is 0 Å². The lowest BCUT2D eigenvalue weighted by Gasteiger charge is -2.09. The van der Waals surface area contributed by atoms with Crippen molar-refractivity contribution in [1.29, 1.82) is 0 Å². The summed E-state index contributed by atoms with van der Waals surface area (Å²) in [4.78, 5) is 16.3. The van der Waals surface area contributed by atoms with E-state index in [1.54, 1.807) is 43.6 Å². The molecule has 3 rings (SSSR count). The largest absolute Gasteiger partial charge is 0.497 e. The molecule has 0 unspecified atom stereocenters. The number of hydrogen-bond donors (Lipinski definition) is 2. The van der Waals surface area contributed by atoms with Crippen molar-refractivity contribution in [1.82, 2.24) is 10.3 Å². The highest BCUT2D eigenvalue weighted by Gasteiger charge is 2.08. The van der Waals surface area contributed by atoms with E-state index in [0.29, 0.717) is 24.2 Å². The van der Waals surface area contributed by atoms with Crippen LogP contribution in [-0.2, 0) is 6.42 Å². The summed E-state index contributed by atoms with van der Waals surface area (Å²) in [5.74, 6) is 0.191. The van der Waals surface area contributed by atoms with Crippen molar-refractivity contribution in [2.75, 3.05) is 19.0 Å². The maximum Gasteiger partial charge on any atom is 0.269 e. The van der Waals surface area contributed by atoms with Gasteiger partial charge in [0.05, 0.1) is 19.0 Å². The van der Waals surface area contributed by atoms with Crippen LogP contribution in [-0.4, -0.2) is 24.5 Å². The van der Waals surface area contributed by atoms with Gasteiger partial charge in [0.2, 0.25) is 0 Å². The third kappa shape index (κ3) is 5.04. The minimum Gasteiger partial charge on any atom is -0.497 e. The average molecular weight is 365 g/mol. The lowest BCUT2D eigenvalue weighted by atomic mass is 10.1. The Hall–Kier alpha value is -3.41. The average Bonchev–Trinajstić information content (AvgIpc) is 2.70. The third-order valence-corrected chi connectivity index (χ3v) is 3.99. The Morgan fingerprint density at radius 1 is 1.07 bits per heavy atom. The SMILES string of the molecule is COc1cccc(Nc2ccc(C(=O)NCCc3ccccc3F)nc2)c1. The molecule has 0 bridgehead atoms. The summed E-state index contributed by atoms with van der Waals surface area (Å²) in [5.41, 5.74) is 2.49. The molecule has 27 heavy (non-hydrogen) atoms. The van der Waals surface area contributed by atoms with Gasteiger partial charge in [0, 0.05) is 18.3 Å². The quantitative estimate of drug-likeness (QED) is 0.666. The fourth-order valence-electron chi connectivity index (χ4n) is 2.57.